The van der Waals surface area contributed by atoms with Crippen molar-refractivity contribution < 1.29 is 11.6 Å². The van der Waals surface area contributed by atoms with Crippen LogP contribution in [0, 0.1) is 11.6 Å². The van der Waals surface area contributed by atoms with E-state index in [4.69, 9.17) is 16.6 Å². The Labute approximate surface area is 136 Å². The molecule has 2 aromatic rings. The fraction of sp³-hybridized carbons (Fsp3) is 0.316. The summed E-state index contributed by atoms with van der Waals surface area (Å²) in [7, 11) is 0. The molecule has 1 aromatic heterocycles. The number of aromatic nitrogens is 1. The summed E-state index contributed by atoms with van der Waals surface area (Å²) in [5.41, 5.74) is 8.20. The van der Waals surface area contributed by atoms with Crippen LogP contribution in [0.25, 0.3) is 5.57 Å². The molecule has 1 aliphatic carbocycles. The predicted octanol–water partition coefficient (Wildman–Crippen LogP) is 3.06. The number of aryl methyl sites for hydroxylation is 2. The number of benzene rings is 1. The van der Waals surface area contributed by atoms with Gasteiger partial charge in [0.1, 0.15) is 0 Å². The lowest BCUT2D eigenvalue weighted by atomic mass is 9.89. The third-order valence-electron chi connectivity index (χ3n) is 4.70. The molecule has 1 saturated heterocycles. The van der Waals surface area contributed by atoms with Crippen molar-refractivity contribution in [1.29, 1.82) is 0 Å². The van der Waals surface area contributed by atoms with Crippen molar-refractivity contribution in [3.05, 3.63) is 69.5 Å². The minimum Gasteiger partial charge on any atom is -0.316 e. The lowest BCUT2D eigenvalue weighted by Crippen LogP contribution is -2.24. The smallest absolute Gasteiger partial charge is 0.225 e. The quantitative estimate of drug-likeness (QED) is 0.809. The van der Waals surface area contributed by atoms with Gasteiger partial charge in [-0.3, -0.25) is 4.98 Å². The number of hydrogen-bond donors (Lipinski definition) is 1. The summed E-state index contributed by atoms with van der Waals surface area (Å²) in [4.78, 5) is 4.75. The molecule has 0 amide bonds. The standard InChI is InChI=1S/C19H20ClN2/c20-16-5-6-17-15(12-16)4-3-14-2-1-9-22-19(14)18(17)13-7-10-21-11-8-13/h1-2,5-6,9,12,20-21H,3-4,7-8,10-11H2/q+1. The Hall–Kier alpha value is -1.64. The summed E-state index contributed by atoms with van der Waals surface area (Å²) in [6.45, 7) is 2.13. The normalized spacial score (nSPS) is 17.7. The molecule has 4 rings (SSSR count). The zero-order chi connectivity index (χ0) is 14.9. The average molecular weight is 312 g/mol. The first-order valence-corrected chi connectivity index (χ1v) is 8.41. The van der Waals surface area contributed by atoms with Crippen molar-refractivity contribution in [2.45, 2.75) is 25.7 Å². The lowest BCUT2D eigenvalue weighted by molar-refractivity contribution is -0.288. The molecule has 1 aliphatic heterocycles. The van der Waals surface area contributed by atoms with Gasteiger partial charge in [-0.1, -0.05) is 11.6 Å². The van der Waals surface area contributed by atoms with E-state index in [0.717, 1.165) is 43.8 Å². The molecule has 22 heavy (non-hydrogen) atoms. The Morgan fingerprint density at radius 3 is 2.64 bits per heavy atom. The van der Waals surface area contributed by atoms with Crippen molar-refractivity contribution in [2.75, 3.05) is 13.1 Å². The number of nitrogens with zero attached hydrogens (tertiary/aromatic N) is 1. The zero-order valence-corrected chi connectivity index (χ0v) is 13.4. The van der Waals surface area contributed by atoms with Crippen LogP contribution in [0.2, 0.25) is 5.02 Å². The van der Waals surface area contributed by atoms with Crippen LogP contribution in [0.4, 0.5) is 0 Å². The molecule has 0 saturated carbocycles. The summed E-state index contributed by atoms with van der Waals surface area (Å²) in [6.07, 6.45) is 6.24. The van der Waals surface area contributed by atoms with Crippen molar-refractivity contribution in [2.24, 2.45) is 0 Å². The number of nitrogens with one attached hydrogen (secondary N) is 1. The third kappa shape index (κ3) is 2.47. The van der Waals surface area contributed by atoms with Crippen molar-refractivity contribution in [3.63, 3.8) is 0 Å². The van der Waals surface area contributed by atoms with E-state index in [2.05, 4.69) is 35.6 Å². The van der Waals surface area contributed by atoms with Crippen LogP contribution in [0.3, 0.4) is 0 Å². The maximum absolute atomic E-state index is 5.38. The van der Waals surface area contributed by atoms with Gasteiger partial charge in [-0.15, -0.1) is 0 Å². The number of pyridine rings is 1. The molecule has 1 aromatic carbocycles. The molecule has 0 spiro atoms. The minimum atomic E-state index is 0.937. The van der Waals surface area contributed by atoms with Crippen LogP contribution in [0.15, 0.2) is 42.1 Å². The molecule has 1 N–H and O–H groups in total. The van der Waals surface area contributed by atoms with Crippen molar-refractivity contribution in [1.82, 2.24) is 10.3 Å². The van der Waals surface area contributed by atoms with E-state index >= 15 is 0 Å². The molecule has 112 valence electrons. The average Bonchev–Trinajstić information content (AvgIpc) is 2.72. The first-order valence-electron chi connectivity index (χ1n) is 8.00. The molecule has 0 bridgehead atoms. The van der Waals surface area contributed by atoms with Gasteiger partial charge in [-0.2, -0.15) is 0 Å². The van der Waals surface area contributed by atoms with E-state index in [0.29, 0.717) is 0 Å². The van der Waals surface area contributed by atoms with E-state index in [1.54, 1.807) is 5.57 Å². The van der Waals surface area contributed by atoms with Gasteiger partial charge in [0.25, 0.3) is 0 Å². The van der Waals surface area contributed by atoms with Gasteiger partial charge in [-0.25, -0.2) is 0 Å². The summed E-state index contributed by atoms with van der Waals surface area (Å²) in [6, 6.07) is 10.7. The van der Waals surface area contributed by atoms with E-state index < -0.39 is 0 Å². The Morgan fingerprint density at radius 1 is 0.955 bits per heavy atom. The van der Waals surface area contributed by atoms with Crippen LogP contribution in [-0.2, 0) is 12.8 Å². The summed E-state index contributed by atoms with van der Waals surface area (Å²) in [5, 5.41) is 4.39. The number of fused-ring (bicyclic) bond motifs is 2. The highest BCUT2D eigenvalue weighted by Gasteiger charge is 2.23. The van der Waals surface area contributed by atoms with Crippen LogP contribution in [0.5, 0.6) is 0 Å². The minimum absolute atomic E-state index is 0.937. The third-order valence-corrected chi connectivity index (χ3v) is 4.95. The largest absolute Gasteiger partial charge is 0.316 e. The van der Waals surface area contributed by atoms with Gasteiger partial charge in [0.05, 0.1) is 5.69 Å². The molecule has 0 atom stereocenters. The van der Waals surface area contributed by atoms with E-state index in [-0.39, 0.29) is 0 Å². The molecular formula is C19H20ClN2+. The highest BCUT2D eigenvalue weighted by atomic mass is 35.5. The van der Waals surface area contributed by atoms with Gasteiger partial charge >= 0.3 is 0 Å². The Morgan fingerprint density at radius 2 is 1.77 bits per heavy atom. The number of piperidine rings is 1. The second-order valence-electron chi connectivity index (χ2n) is 6.06. The number of halogens is 1. The zero-order valence-electron chi connectivity index (χ0n) is 12.6. The fourth-order valence-electron chi connectivity index (χ4n) is 3.62. The van der Waals surface area contributed by atoms with Crippen LogP contribution >= 0.6 is 0 Å². The van der Waals surface area contributed by atoms with Gasteiger partial charge in [0, 0.05) is 23.9 Å². The maximum atomic E-state index is 5.38. The second-order valence-corrected chi connectivity index (χ2v) is 6.53. The predicted molar refractivity (Wildman–Crippen MR) is 86.8 cm³/mol. The summed E-state index contributed by atoms with van der Waals surface area (Å²) < 4.78 is 0. The lowest BCUT2D eigenvalue weighted by Gasteiger charge is -2.21. The number of hydrogen-bond acceptors (Lipinski definition) is 2. The van der Waals surface area contributed by atoms with Crippen molar-refractivity contribution >= 4 is 5.57 Å². The molecule has 1 fully saturated rings. The maximum Gasteiger partial charge on any atom is 0.225 e. The molecule has 0 radical (unpaired) electrons. The van der Waals surface area contributed by atoms with E-state index in [9.17, 15) is 0 Å². The van der Waals surface area contributed by atoms with Gasteiger partial charge in [0.2, 0.25) is 5.02 Å². The molecule has 2 aliphatic rings. The van der Waals surface area contributed by atoms with Crippen LogP contribution < -0.4 is 5.32 Å². The van der Waals surface area contributed by atoms with Gasteiger partial charge in [-0.05, 0) is 67.6 Å². The topological polar surface area (TPSA) is 24.9 Å². The summed E-state index contributed by atoms with van der Waals surface area (Å²) in [5.74, 6) is 0. The van der Waals surface area contributed by atoms with Crippen molar-refractivity contribution in [3.8, 4) is 0 Å². The monoisotopic (exact) mass is 311 g/mol. The Kier molecular flexibility index (Phi) is 3.73. The molecule has 2 nitrogen and oxygen atoms in total. The Bertz CT molecular complexity index is 741. The number of rotatable bonds is 0. The second kappa shape index (κ2) is 5.86. The molecule has 2 heterocycles. The van der Waals surface area contributed by atoms with Gasteiger partial charge in [0.15, 0.2) is 11.6 Å². The van der Waals surface area contributed by atoms with Gasteiger partial charge < -0.3 is 5.32 Å². The van der Waals surface area contributed by atoms with Crippen LogP contribution in [-0.4, -0.2) is 18.1 Å². The fourth-order valence-corrected chi connectivity index (χ4v) is 3.83. The van der Waals surface area contributed by atoms with E-state index in [1.165, 1.54) is 28.0 Å². The summed E-state index contributed by atoms with van der Waals surface area (Å²) >= 11 is 5.38. The first kappa shape index (κ1) is 14.0. The van der Waals surface area contributed by atoms with Crippen LogP contribution in [0.1, 0.15) is 35.2 Å². The first-order chi connectivity index (χ1) is 10.8. The highest BCUT2D eigenvalue weighted by Crippen LogP contribution is 2.37. The highest BCUT2D eigenvalue weighted by molar-refractivity contribution is 5.84. The Balaban J connectivity index is 1.98. The molecular weight excluding hydrogens is 292 g/mol. The van der Waals surface area contributed by atoms with E-state index in [1.807, 2.05) is 6.20 Å². The SMILES string of the molecule is [ClH+]c1ccc2c(c1)CCc1cccnc1C2=C1CCNCC1. The molecule has 3 heteroatoms. The molecule has 0 unspecified atom stereocenters.